The Labute approximate surface area is 98.5 Å². The predicted octanol–water partition coefficient (Wildman–Crippen LogP) is 1.65. The molecule has 3 aromatic rings. The molecule has 0 unspecified atom stereocenters. The Morgan fingerprint density at radius 2 is 2.06 bits per heavy atom. The molecule has 0 amide bonds. The Morgan fingerprint density at radius 3 is 2.76 bits per heavy atom. The van der Waals surface area contributed by atoms with E-state index in [2.05, 4.69) is 10.1 Å². The van der Waals surface area contributed by atoms with Crippen molar-refractivity contribution in [1.29, 1.82) is 0 Å². The number of imidazole rings is 1. The second-order valence-corrected chi connectivity index (χ2v) is 4.10. The number of nitrogens with two attached hydrogens (primary N) is 1. The quantitative estimate of drug-likeness (QED) is 0.687. The van der Waals surface area contributed by atoms with Gasteiger partial charge in [0.25, 0.3) is 0 Å². The summed E-state index contributed by atoms with van der Waals surface area (Å²) >= 11 is 0. The molecule has 0 saturated carbocycles. The average molecular weight is 227 g/mol. The molecule has 0 aliphatic rings. The zero-order valence-electron chi connectivity index (χ0n) is 9.75. The average Bonchev–Trinajstić information content (AvgIpc) is 2.82. The van der Waals surface area contributed by atoms with Crippen molar-refractivity contribution in [3.8, 4) is 5.82 Å². The molecule has 2 heterocycles. The summed E-state index contributed by atoms with van der Waals surface area (Å²) in [4.78, 5) is 4.39. The summed E-state index contributed by atoms with van der Waals surface area (Å²) < 4.78 is 3.61. The fraction of sp³-hybridized carbons (Fsp3) is 0.167. The summed E-state index contributed by atoms with van der Waals surface area (Å²) in [6, 6.07) is 7.94. The molecule has 2 aromatic heterocycles. The van der Waals surface area contributed by atoms with Crippen LogP contribution in [0.15, 0.2) is 30.5 Å². The van der Waals surface area contributed by atoms with Gasteiger partial charge in [0, 0.05) is 19.3 Å². The van der Waals surface area contributed by atoms with Gasteiger partial charge in [-0.15, -0.1) is 0 Å². The molecule has 0 aliphatic heterocycles. The molecule has 5 nitrogen and oxygen atoms in total. The van der Waals surface area contributed by atoms with E-state index in [1.54, 1.807) is 4.68 Å². The van der Waals surface area contributed by atoms with Crippen LogP contribution in [0.5, 0.6) is 0 Å². The van der Waals surface area contributed by atoms with E-state index >= 15 is 0 Å². The van der Waals surface area contributed by atoms with Crippen LogP contribution < -0.4 is 5.73 Å². The van der Waals surface area contributed by atoms with Gasteiger partial charge in [-0.05, 0) is 18.6 Å². The van der Waals surface area contributed by atoms with Gasteiger partial charge in [-0.25, -0.2) is 4.98 Å². The molecule has 0 fully saturated rings. The number of nitrogens with zero attached hydrogens (tertiary/aromatic N) is 4. The summed E-state index contributed by atoms with van der Waals surface area (Å²) in [5.41, 5.74) is 8.99. The molecule has 0 atom stereocenters. The van der Waals surface area contributed by atoms with Gasteiger partial charge in [0.1, 0.15) is 0 Å². The van der Waals surface area contributed by atoms with Crippen LogP contribution in [0.2, 0.25) is 0 Å². The van der Waals surface area contributed by atoms with Crippen LogP contribution in [0.3, 0.4) is 0 Å². The first-order chi connectivity index (χ1) is 8.16. The van der Waals surface area contributed by atoms with Gasteiger partial charge < -0.3 is 5.73 Å². The highest BCUT2D eigenvalue weighted by molar-refractivity contribution is 5.83. The predicted molar refractivity (Wildman–Crippen MR) is 67.0 cm³/mol. The second kappa shape index (κ2) is 3.35. The van der Waals surface area contributed by atoms with Crippen molar-refractivity contribution in [3.63, 3.8) is 0 Å². The van der Waals surface area contributed by atoms with Gasteiger partial charge in [0.15, 0.2) is 5.82 Å². The summed E-state index contributed by atoms with van der Waals surface area (Å²) in [6.45, 7) is 2.03. The molecule has 0 radical (unpaired) electrons. The summed E-state index contributed by atoms with van der Waals surface area (Å²) in [5, 5.41) is 4.35. The number of hydrogen-bond acceptors (Lipinski definition) is 3. The number of hydrogen-bond donors (Lipinski definition) is 1. The van der Waals surface area contributed by atoms with E-state index in [-0.39, 0.29) is 0 Å². The van der Waals surface area contributed by atoms with E-state index in [0.717, 1.165) is 22.4 Å². The van der Waals surface area contributed by atoms with E-state index < -0.39 is 0 Å². The maximum atomic E-state index is 5.97. The highest BCUT2D eigenvalue weighted by Gasteiger charge is 2.12. The smallest absolute Gasteiger partial charge is 0.207 e. The van der Waals surface area contributed by atoms with Gasteiger partial charge >= 0.3 is 0 Å². The highest BCUT2D eigenvalue weighted by Crippen LogP contribution is 2.23. The molecule has 1 aromatic carbocycles. The first-order valence-electron chi connectivity index (χ1n) is 5.40. The molecule has 0 saturated heterocycles. The SMILES string of the molecule is Cc1cccc2c1nc(N)n2-c1ccn(C)n1. The highest BCUT2D eigenvalue weighted by atomic mass is 15.3. The Balaban J connectivity index is 2.36. The summed E-state index contributed by atoms with van der Waals surface area (Å²) in [7, 11) is 1.88. The lowest BCUT2D eigenvalue weighted by molar-refractivity contribution is 0.754. The minimum absolute atomic E-state index is 0.466. The third kappa shape index (κ3) is 1.39. The summed E-state index contributed by atoms with van der Waals surface area (Å²) in [6.07, 6.45) is 1.89. The molecular weight excluding hydrogens is 214 g/mol. The molecule has 0 aliphatic carbocycles. The molecule has 3 rings (SSSR count). The standard InChI is InChI=1S/C12H13N5/c1-8-4-3-5-9-11(8)14-12(13)17(9)10-6-7-16(2)15-10/h3-7H,1-2H3,(H2,13,14). The van der Waals surface area contributed by atoms with E-state index in [4.69, 9.17) is 5.73 Å². The maximum absolute atomic E-state index is 5.97. The van der Waals surface area contributed by atoms with E-state index in [1.807, 2.05) is 49.0 Å². The first-order valence-corrected chi connectivity index (χ1v) is 5.40. The number of aromatic nitrogens is 4. The molecule has 5 heteroatoms. The monoisotopic (exact) mass is 227 g/mol. The van der Waals surface area contributed by atoms with Crippen molar-refractivity contribution in [2.24, 2.45) is 7.05 Å². The maximum Gasteiger partial charge on any atom is 0.207 e. The van der Waals surface area contributed by atoms with Crippen molar-refractivity contribution >= 4 is 17.0 Å². The molecule has 0 spiro atoms. The van der Waals surface area contributed by atoms with E-state index in [9.17, 15) is 0 Å². The zero-order valence-corrected chi connectivity index (χ0v) is 9.75. The van der Waals surface area contributed by atoms with Gasteiger partial charge in [-0.3, -0.25) is 9.25 Å². The Hall–Kier alpha value is -2.30. The van der Waals surface area contributed by atoms with Crippen LogP contribution in [-0.4, -0.2) is 19.3 Å². The Morgan fingerprint density at radius 1 is 1.24 bits per heavy atom. The minimum Gasteiger partial charge on any atom is -0.369 e. The largest absolute Gasteiger partial charge is 0.369 e. The van der Waals surface area contributed by atoms with Crippen LogP contribution in [0.25, 0.3) is 16.9 Å². The number of fused-ring (bicyclic) bond motifs is 1. The minimum atomic E-state index is 0.466. The topological polar surface area (TPSA) is 61.7 Å². The Kier molecular flexibility index (Phi) is 1.95. The van der Waals surface area contributed by atoms with Gasteiger partial charge in [-0.2, -0.15) is 5.10 Å². The zero-order chi connectivity index (χ0) is 12.0. The lowest BCUT2D eigenvalue weighted by atomic mass is 10.2. The van der Waals surface area contributed by atoms with Gasteiger partial charge in [0.2, 0.25) is 5.95 Å². The van der Waals surface area contributed by atoms with Gasteiger partial charge in [-0.1, -0.05) is 12.1 Å². The fourth-order valence-corrected chi connectivity index (χ4v) is 2.02. The van der Waals surface area contributed by atoms with Crippen LogP contribution in [0.1, 0.15) is 5.56 Å². The van der Waals surface area contributed by atoms with Crippen LogP contribution >= 0.6 is 0 Å². The van der Waals surface area contributed by atoms with Crippen molar-refractivity contribution in [3.05, 3.63) is 36.0 Å². The summed E-state index contributed by atoms with van der Waals surface area (Å²) in [5.74, 6) is 1.26. The molecule has 86 valence electrons. The van der Waals surface area contributed by atoms with Crippen molar-refractivity contribution < 1.29 is 0 Å². The molecule has 2 N–H and O–H groups in total. The van der Waals surface area contributed by atoms with Crippen LogP contribution in [-0.2, 0) is 7.05 Å². The van der Waals surface area contributed by atoms with Crippen LogP contribution in [0.4, 0.5) is 5.95 Å². The van der Waals surface area contributed by atoms with E-state index in [0.29, 0.717) is 5.95 Å². The van der Waals surface area contributed by atoms with Crippen molar-refractivity contribution in [2.45, 2.75) is 6.92 Å². The van der Waals surface area contributed by atoms with Crippen LogP contribution in [0, 0.1) is 6.92 Å². The first kappa shape index (κ1) is 9.89. The van der Waals surface area contributed by atoms with Crippen molar-refractivity contribution in [2.75, 3.05) is 5.73 Å². The third-order valence-corrected chi connectivity index (χ3v) is 2.84. The van der Waals surface area contributed by atoms with Gasteiger partial charge in [0.05, 0.1) is 11.0 Å². The third-order valence-electron chi connectivity index (χ3n) is 2.84. The molecule has 17 heavy (non-hydrogen) atoms. The number of rotatable bonds is 1. The lowest BCUT2D eigenvalue weighted by Gasteiger charge is -2.01. The Bertz CT molecular complexity index is 692. The lowest BCUT2D eigenvalue weighted by Crippen LogP contribution is -2.02. The normalized spacial score (nSPS) is 11.2. The second-order valence-electron chi connectivity index (χ2n) is 4.10. The number of aryl methyl sites for hydroxylation is 2. The molecular formula is C12H13N5. The molecule has 0 bridgehead atoms. The van der Waals surface area contributed by atoms with Crippen molar-refractivity contribution in [1.82, 2.24) is 19.3 Å². The number of benzene rings is 1. The fourth-order valence-electron chi connectivity index (χ4n) is 2.02. The number of nitrogen functional groups attached to an aromatic ring is 1. The number of para-hydroxylation sites is 1. The number of anilines is 1. The van der Waals surface area contributed by atoms with E-state index in [1.165, 1.54) is 0 Å².